The fraction of sp³-hybridized carbons (Fsp3) is 0.150. The van der Waals surface area contributed by atoms with Crippen molar-refractivity contribution in [2.24, 2.45) is 0 Å². The number of ketones is 1. The van der Waals surface area contributed by atoms with Crippen LogP contribution in [0.4, 0.5) is 10.1 Å². The van der Waals surface area contributed by atoms with Crippen LogP contribution < -0.4 is 5.32 Å². The molecule has 0 atom stereocenters. The monoisotopic (exact) mass is 434 g/mol. The van der Waals surface area contributed by atoms with Crippen molar-refractivity contribution in [3.63, 3.8) is 0 Å². The number of aromatic nitrogens is 1. The quantitative estimate of drug-likeness (QED) is 0.399. The lowest BCUT2D eigenvalue weighted by atomic mass is 10.1. The molecule has 0 aliphatic carbocycles. The normalized spacial score (nSPS) is 10.7. The first kappa shape index (κ1) is 20.5. The summed E-state index contributed by atoms with van der Waals surface area (Å²) in [4.78, 5) is 28.7. The number of aryl methyl sites for hydroxylation is 1. The van der Waals surface area contributed by atoms with Gasteiger partial charge >= 0.3 is 0 Å². The zero-order valence-electron chi connectivity index (χ0n) is 14.9. The summed E-state index contributed by atoms with van der Waals surface area (Å²) in [5.74, 6) is -0.466. The molecule has 28 heavy (non-hydrogen) atoms. The average molecular weight is 435 g/mol. The van der Waals surface area contributed by atoms with E-state index in [0.717, 1.165) is 5.56 Å². The molecule has 3 aromatic rings. The summed E-state index contributed by atoms with van der Waals surface area (Å²) < 4.78 is 13.6. The molecule has 0 aliphatic heterocycles. The van der Waals surface area contributed by atoms with Crippen molar-refractivity contribution in [1.29, 1.82) is 0 Å². The SMILES string of the molecule is Cc1ccc(NC(=O)Cc2csc(SCC(=O)c3ccc(F)cc3)n2)cc1Cl. The Hall–Kier alpha value is -2.22. The average Bonchev–Trinajstić information content (AvgIpc) is 3.10. The van der Waals surface area contributed by atoms with Crippen LogP contribution in [0.25, 0.3) is 0 Å². The summed E-state index contributed by atoms with van der Waals surface area (Å²) in [6, 6.07) is 10.8. The van der Waals surface area contributed by atoms with E-state index in [1.807, 2.05) is 13.0 Å². The predicted molar refractivity (Wildman–Crippen MR) is 112 cm³/mol. The molecular weight excluding hydrogens is 419 g/mol. The number of carbonyl (C=O) groups excluding carboxylic acids is 2. The summed E-state index contributed by atoms with van der Waals surface area (Å²) in [7, 11) is 0. The fourth-order valence-electron chi connectivity index (χ4n) is 2.32. The maximum atomic E-state index is 12.9. The molecule has 3 rings (SSSR count). The topological polar surface area (TPSA) is 59.1 Å². The van der Waals surface area contributed by atoms with E-state index in [-0.39, 0.29) is 29.7 Å². The lowest BCUT2D eigenvalue weighted by Gasteiger charge is -2.06. The first-order chi connectivity index (χ1) is 13.4. The van der Waals surface area contributed by atoms with Gasteiger partial charge in [0.2, 0.25) is 5.91 Å². The molecule has 0 saturated carbocycles. The minimum Gasteiger partial charge on any atom is -0.326 e. The van der Waals surface area contributed by atoms with Crippen LogP contribution in [0.1, 0.15) is 21.6 Å². The molecule has 4 nitrogen and oxygen atoms in total. The molecule has 1 N–H and O–H groups in total. The van der Waals surface area contributed by atoms with Crippen LogP contribution in [-0.2, 0) is 11.2 Å². The van der Waals surface area contributed by atoms with Crippen molar-refractivity contribution in [3.8, 4) is 0 Å². The van der Waals surface area contributed by atoms with Crippen molar-refractivity contribution >= 4 is 52.1 Å². The van der Waals surface area contributed by atoms with Gasteiger partial charge in [0.05, 0.1) is 17.9 Å². The minimum atomic E-state index is -0.375. The largest absolute Gasteiger partial charge is 0.326 e. The lowest BCUT2D eigenvalue weighted by molar-refractivity contribution is -0.115. The number of benzene rings is 2. The number of hydrogen-bond acceptors (Lipinski definition) is 5. The second-order valence-electron chi connectivity index (χ2n) is 6.01. The molecule has 1 aromatic heterocycles. The Bertz CT molecular complexity index is 1010. The number of thioether (sulfide) groups is 1. The highest BCUT2D eigenvalue weighted by Gasteiger charge is 2.12. The Morgan fingerprint density at radius 3 is 2.68 bits per heavy atom. The van der Waals surface area contributed by atoms with Gasteiger partial charge in [-0.1, -0.05) is 29.4 Å². The number of carbonyl (C=O) groups is 2. The Labute approximate surface area is 175 Å². The highest BCUT2D eigenvalue weighted by molar-refractivity contribution is 8.01. The van der Waals surface area contributed by atoms with Crippen LogP contribution in [0.2, 0.25) is 5.02 Å². The highest BCUT2D eigenvalue weighted by Crippen LogP contribution is 2.24. The van der Waals surface area contributed by atoms with E-state index in [2.05, 4.69) is 10.3 Å². The fourth-order valence-corrected chi connectivity index (χ4v) is 4.24. The van der Waals surface area contributed by atoms with Gasteiger partial charge in [-0.15, -0.1) is 11.3 Å². The molecular formula is C20H16ClFN2O2S2. The van der Waals surface area contributed by atoms with Gasteiger partial charge in [-0.25, -0.2) is 9.37 Å². The first-order valence-electron chi connectivity index (χ1n) is 8.32. The summed E-state index contributed by atoms with van der Waals surface area (Å²) in [6.07, 6.45) is 0.133. The zero-order chi connectivity index (χ0) is 20.1. The third-order valence-corrected chi connectivity index (χ3v) is 6.30. The Morgan fingerprint density at radius 2 is 1.96 bits per heavy atom. The second-order valence-corrected chi connectivity index (χ2v) is 8.50. The van der Waals surface area contributed by atoms with Crippen molar-refractivity contribution in [1.82, 2.24) is 4.98 Å². The number of thiazole rings is 1. The standard InChI is InChI=1S/C20H16ClFN2O2S2/c1-12-2-7-15(8-17(12)21)23-19(26)9-16-10-27-20(24-16)28-11-18(25)13-3-5-14(22)6-4-13/h2-8,10H,9,11H2,1H3,(H,23,26). The molecule has 0 spiro atoms. The van der Waals surface area contributed by atoms with Crippen LogP contribution in [0.3, 0.4) is 0 Å². The molecule has 1 heterocycles. The number of anilines is 1. The molecule has 2 aromatic carbocycles. The van der Waals surface area contributed by atoms with Gasteiger partial charge in [0.25, 0.3) is 0 Å². The summed E-state index contributed by atoms with van der Waals surface area (Å²) in [5, 5.41) is 5.19. The molecule has 0 radical (unpaired) electrons. The highest BCUT2D eigenvalue weighted by atomic mass is 35.5. The van der Waals surface area contributed by atoms with Crippen molar-refractivity contribution in [3.05, 3.63) is 75.5 Å². The Kier molecular flexibility index (Phi) is 6.83. The van der Waals surface area contributed by atoms with E-state index in [4.69, 9.17) is 11.6 Å². The third kappa shape index (κ3) is 5.64. The van der Waals surface area contributed by atoms with Crippen molar-refractivity contribution < 1.29 is 14.0 Å². The van der Waals surface area contributed by atoms with Gasteiger partial charge in [0.15, 0.2) is 10.1 Å². The molecule has 144 valence electrons. The van der Waals surface area contributed by atoms with Gasteiger partial charge in [-0.3, -0.25) is 9.59 Å². The molecule has 0 unspecified atom stereocenters. The van der Waals surface area contributed by atoms with Gasteiger partial charge in [-0.2, -0.15) is 0 Å². The van der Waals surface area contributed by atoms with E-state index >= 15 is 0 Å². The van der Waals surface area contributed by atoms with E-state index in [1.165, 1.54) is 47.4 Å². The molecule has 0 aliphatic rings. The van der Waals surface area contributed by atoms with Crippen LogP contribution in [0.15, 0.2) is 52.2 Å². The maximum absolute atomic E-state index is 12.9. The molecule has 0 bridgehead atoms. The number of halogens is 2. The van der Waals surface area contributed by atoms with Gasteiger partial charge in [-0.05, 0) is 48.9 Å². The summed E-state index contributed by atoms with van der Waals surface area (Å²) in [5.41, 5.74) is 2.67. The van der Waals surface area contributed by atoms with Crippen LogP contribution in [0, 0.1) is 12.7 Å². The third-order valence-electron chi connectivity index (χ3n) is 3.82. The minimum absolute atomic E-state index is 0.101. The van der Waals surface area contributed by atoms with Gasteiger partial charge in [0.1, 0.15) is 5.82 Å². The Balaban J connectivity index is 1.52. The summed E-state index contributed by atoms with van der Waals surface area (Å²) >= 11 is 8.74. The molecule has 8 heteroatoms. The summed E-state index contributed by atoms with van der Waals surface area (Å²) in [6.45, 7) is 1.89. The number of amides is 1. The smallest absolute Gasteiger partial charge is 0.230 e. The van der Waals surface area contributed by atoms with E-state index in [1.54, 1.807) is 17.5 Å². The van der Waals surface area contributed by atoms with Crippen molar-refractivity contribution in [2.45, 2.75) is 17.7 Å². The predicted octanol–water partition coefficient (Wildman–Crippen LogP) is 5.40. The molecule has 0 fully saturated rings. The number of nitrogens with zero attached hydrogens (tertiary/aromatic N) is 1. The number of nitrogens with one attached hydrogen (secondary N) is 1. The number of Topliss-reactive ketones (excluding diaryl/α,β-unsaturated/α-hetero) is 1. The van der Waals surface area contributed by atoms with Crippen LogP contribution >= 0.6 is 34.7 Å². The Morgan fingerprint density at radius 1 is 1.21 bits per heavy atom. The van der Waals surface area contributed by atoms with Crippen molar-refractivity contribution in [2.75, 3.05) is 11.1 Å². The van der Waals surface area contributed by atoms with Gasteiger partial charge in [0, 0.05) is 21.7 Å². The first-order valence-corrected chi connectivity index (χ1v) is 10.6. The zero-order valence-corrected chi connectivity index (χ0v) is 17.3. The number of rotatable bonds is 7. The van der Waals surface area contributed by atoms with E-state index in [9.17, 15) is 14.0 Å². The van der Waals surface area contributed by atoms with E-state index in [0.29, 0.717) is 26.3 Å². The maximum Gasteiger partial charge on any atom is 0.230 e. The van der Waals surface area contributed by atoms with Crippen LogP contribution in [0.5, 0.6) is 0 Å². The molecule has 1 amide bonds. The van der Waals surface area contributed by atoms with Crippen LogP contribution in [-0.4, -0.2) is 22.4 Å². The lowest BCUT2D eigenvalue weighted by Crippen LogP contribution is -2.14. The van der Waals surface area contributed by atoms with Gasteiger partial charge < -0.3 is 5.32 Å². The van der Waals surface area contributed by atoms with E-state index < -0.39 is 0 Å². The molecule has 0 saturated heterocycles. The number of hydrogen-bond donors (Lipinski definition) is 1. The second kappa shape index (κ2) is 9.32.